The van der Waals surface area contributed by atoms with Gasteiger partial charge in [0.15, 0.2) is 0 Å². The topological polar surface area (TPSA) is 97.5 Å². The summed E-state index contributed by atoms with van der Waals surface area (Å²) in [6.45, 7) is 0. The lowest BCUT2D eigenvalue weighted by atomic mass is 10.2. The van der Waals surface area contributed by atoms with Crippen molar-refractivity contribution in [2.75, 3.05) is 0 Å². The highest BCUT2D eigenvalue weighted by Gasteiger charge is 2.19. The first-order valence-electron chi connectivity index (χ1n) is 3.67. The Labute approximate surface area is 84.2 Å². The van der Waals surface area contributed by atoms with Gasteiger partial charge in [-0.3, -0.25) is 14.7 Å². The molecule has 15 heavy (non-hydrogen) atoms. The first-order valence-corrected chi connectivity index (χ1v) is 5.28. The Balaban J connectivity index is 3.24. The van der Waals surface area contributed by atoms with Gasteiger partial charge in [-0.15, -0.1) is 0 Å². The molecule has 1 rings (SSSR count). The second kappa shape index (κ2) is 3.91. The molecule has 0 aliphatic rings. The van der Waals surface area contributed by atoms with Crippen LogP contribution >= 0.6 is 0 Å². The molecule has 0 spiro atoms. The van der Waals surface area contributed by atoms with Gasteiger partial charge < -0.3 is 0 Å². The van der Waals surface area contributed by atoms with Gasteiger partial charge in [-0.1, -0.05) is 0 Å². The molecule has 0 aliphatic heterocycles. The molecule has 1 aromatic carbocycles. The minimum atomic E-state index is -4.37. The van der Waals surface area contributed by atoms with E-state index in [1.54, 1.807) is 0 Å². The lowest BCUT2D eigenvalue weighted by Gasteiger charge is -2.00. The predicted molar refractivity (Wildman–Crippen MR) is 48.3 cm³/mol. The fraction of sp³-hybridized carbons (Fsp3) is 0.143. The van der Waals surface area contributed by atoms with E-state index < -0.39 is 32.3 Å². The zero-order chi connectivity index (χ0) is 11.6. The predicted octanol–water partition coefficient (Wildman–Crippen LogP) is 1.12. The first kappa shape index (κ1) is 11.5. The Hall–Kier alpha value is -1.54. The molecular formula is C7H6FNO5S. The summed E-state index contributed by atoms with van der Waals surface area (Å²) < 4.78 is 42.1. The Morgan fingerprint density at radius 3 is 2.53 bits per heavy atom. The highest BCUT2D eigenvalue weighted by Crippen LogP contribution is 2.21. The fourth-order valence-electron chi connectivity index (χ4n) is 1.03. The number of nitrogens with zero attached hydrogens (tertiary/aromatic N) is 1. The summed E-state index contributed by atoms with van der Waals surface area (Å²) >= 11 is 0. The summed E-state index contributed by atoms with van der Waals surface area (Å²) in [5.74, 6) is -1.76. The second-order valence-electron chi connectivity index (χ2n) is 2.76. The van der Waals surface area contributed by atoms with Crippen LogP contribution in [0.5, 0.6) is 0 Å². The van der Waals surface area contributed by atoms with Crippen LogP contribution in [-0.2, 0) is 15.9 Å². The van der Waals surface area contributed by atoms with Crippen molar-refractivity contribution in [1.29, 1.82) is 0 Å². The van der Waals surface area contributed by atoms with Gasteiger partial charge in [0.2, 0.25) is 0 Å². The summed E-state index contributed by atoms with van der Waals surface area (Å²) in [5.41, 5.74) is -0.934. The van der Waals surface area contributed by atoms with Crippen molar-refractivity contribution in [3.63, 3.8) is 0 Å². The monoisotopic (exact) mass is 235 g/mol. The minimum absolute atomic E-state index is 0.260. The summed E-state index contributed by atoms with van der Waals surface area (Å²) in [6, 6.07) is 2.43. The van der Waals surface area contributed by atoms with E-state index in [2.05, 4.69) is 0 Å². The van der Waals surface area contributed by atoms with E-state index in [1.807, 2.05) is 0 Å². The van der Waals surface area contributed by atoms with E-state index >= 15 is 0 Å². The molecule has 0 radical (unpaired) electrons. The molecule has 82 valence electrons. The molecule has 0 saturated carbocycles. The van der Waals surface area contributed by atoms with Crippen LogP contribution in [0, 0.1) is 15.9 Å². The zero-order valence-electron chi connectivity index (χ0n) is 7.25. The third-order valence-corrected chi connectivity index (χ3v) is 2.26. The molecule has 0 atom stereocenters. The largest absolute Gasteiger partial charge is 0.285 e. The van der Waals surface area contributed by atoms with E-state index in [1.165, 1.54) is 0 Å². The van der Waals surface area contributed by atoms with Crippen LogP contribution in [0.15, 0.2) is 18.2 Å². The van der Waals surface area contributed by atoms with Crippen molar-refractivity contribution in [2.45, 2.75) is 5.75 Å². The van der Waals surface area contributed by atoms with E-state index in [0.29, 0.717) is 6.07 Å². The Kier molecular flexibility index (Phi) is 3.01. The van der Waals surface area contributed by atoms with Crippen molar-refractivity contribution in [1.82, 2.24) is 0 Å². The molecule has 1 aromatic rings. The van der Waals surface area contributed by atoms with Crippen LogP contribution in [0.1, 0.15) is 5.56 Å². The van der Waals surface area contributed by atoms with E-state index in [-0.39, 0.29) is 5.56 Å². The van der Waals surface area contributed by atoms with Gasteiger partial charge in [0.25, 0.3) is 15.8 Å². The van der Waals surface area contributed by atoms with Crippen molar-refractivity contribution in [2.24, 2.45) is 0 Å². The van der Waals surface area contributed by atoms with E-state index in [0.717, 1.165) is 12.1 Å². The van der Waals surface area contributed by atoms with Crippen molar-refractivity contribution < 1.29 is 22.3 Å². The third kappa shape index (κ3) is 3.26. The van der Waals surface area contributed by atoms with Crippen LogP contribution in [0.2, 0.25) is 0 Å². The third-order valence-electron chi connectivity index (χ3n) is 1.58. The van der Waals surface area contributed by atoms with Gasteiger partial charge in [0.1, 0.15) is 11.6 Å². The SMILES string of the molecule is O=[N+]([O-])c1cc(F)ccc1CS(=O)(=O)O. The van der Waals surface area contributed by atoms with Crippen LogP contribution in [0.4, 0.5) is 10.1 Å². The summed E-state index contributed by atoms with van der Waals surface area (Å²) in [7, 11) is -4.37. The van der Waals surface area contributed by atoms with E-state index in [4.69, 9.17) is 4.55 Å². The van der Waals surface area contributed by atoms with Gasteiger partial charge >= 0.3 is 0 Å². The average Bonchev–Trinajstić information content (AvgIpc) is 2.05. The highest BCUT2D eigenvalue weighted by molar-refractivity contribution is 7.85. The van der Waals surface area contributed by atoms with Gasteiger partial charge in [0, 0.05) is 5.56 Å². The molecule has 8 heteroatoms. The lowest BCUT2D eigenvalue weighted by Crippen LogP contribution is -2.04. The molecule has 0 saturated heterocycles. The van der Waals surface area contributed by atoms with Crippen LogP contribution in [-0.4, -0.2) is 17.9 Å². The summed E-state index contributed by atoms with van der Waals surface area (Å²) in [4.78, 5) is 9.51. The number of halogens is 1. The number of nitro benzene ring substituents is 1. The molecule has 6 nitrogen and oxygen atoms in total. The normalized spacial score (nSPS) is 11.3. The standard InChI is InChI=1S/C7H6FNO5S/c8-6-2-1-5(4-15(12,13)14)7(3-6)9(10)11/h1-3H,4H2,(H,12,13,14). The first-order chi connectivity index (χ1) is 6.79. The average molecular weight is 235 g/mol. The molecule has 0 unspecified atom stereocenters. The highest BCUT2D eigenvalue weighted by atomic mass is 32.2. The zero-order valence-corrected chi connectivity index (χ0v) is 8.07. The van der Waals surface area contributed by atoms with Gasteiger partial charge in [-0.2, -0.15) is 8.42 Å². The fourth-order valence-corrected chi connectivity index (χ4v) is 1.66. The van der Waals surface area contributed by atoms with Crippen molar-refractivity contribution >= 4 is 15.8 Å². The molecule has 0 bridgehead atoms. The van der Waals surface area contributed by atoms with Gasteiger partial charge in [0.05, 0.1) is 11.0 Å². The Morgan fingerprint density at radius 1 is 1.47 bits per heavy atom. The molecule has 0 amide bonds. The molecule has 0 heterocycles. The molecule has 1 N–H and O–H groups in total. The van der Waals surface area contributed by atoms with Crippen molar-refractivity contribution in [3.05, 3.63) is 39.7 Å². The minimum Gasteiger partial charge on any atom is -0.285 e. The number of rotatable bonds is 3. The van der Waals surface area contributed by atoms with Crippen LogP contribution < -0.4 is 0 Å². The maximum atomic E-state index is 12.6. The smallest absolute Gasteiger partial charge is 0.276 e. The summed E-state index contributed by atoms with van der Waals surface area (Å²) in [6.07, 6.45) is 0. The van der Waals surface area contributed by atoms with E-state index in [9.17, 15) is 22.9 Å². The molecule has 0 aromatic heterocycles. The number of hydrogen-bond donors (Lipinski definition) is 1. The lowest BCUT2D eigenvalue weighted by molar-refractivity contribution is -0.385. The maximum Gasteiger partial charge on any atom is 0.276 e. The molecular weight excluding hydrogens is 229 g/mol. The van der Waals surface area contributed by atoms with Crippen LogP contribution in [0.25, 0.3) is 0 Å². The Bertz CT molecular complexity index is 498. The van der Waals surface area contributed by atoms with Gasteiger partial charge in [-0.05, 0) is 12.1 Å². The van der Waals surface area contributed by atoms with Gasteiger partial charge in [-0.25, -0.2) is 4.39 Å². The number of nitro groups is 1. The molecule has 0 fully saturated rings. The maximum absolute atomic E-state index is 12.6. The second-order valence-corrected chi connectivity index (χ2v) is 4.21. The quantitative estimate of drug-likeness (QED) is 0.481. The number of benzene rings is 1. The number of hydrogen-bond acceptors (Lipinski definition) is 4. The van der Waals surface area contributed by atoms with Crippen LogP contribution in [0.3, 0.4) is 0 Å². The Morgan fingerprint density at radius 2 is 2.07 bits per heavy atom. The van der Waals surface area contributed by atoms with Crippen molar-refractivity contribution in [3.8, 4) is 0 Å². The molecule has 0 aliphatic carbocycles. The summed E-state index contributed by atoms with van der Waals surface area (Å²) in [5, 5.41) is 10.4.